The van der Waals surface area contributed by atoms with Gasteiger partial charge >= 0.3 is 42.5 Å². The number of alkyl halides is 7. The molecule has 0 aliphatic rings. The van der Waals surface area contributed by atoms with Crippen LogP contribution < -0.4 is 21.3 Å². The molecule has 296 valence electrons. The largest absolute Gasteiger partial charge is 0.467 e. The molecule has 0 saturated heterocycles. The minimum absolute atomic E-state index is 0.0213. The molecular formula is C28H43F7N4O12. The maximum Gasteiger partial charge on any atom is 0.451 e. The van der Waals surface area contributed by atoms with E-state index in [0.717, 1.165) is 14.2 Å². The summed E-state index contributed by atoms with van der Waals surface area (Å²) in [7, 11) is 2.09. The Balaban J connectivity index is 4.38. The van der Waals surface area contributed by atoms with Gasteiger partial charge in [-0.3, -0.25) is 0 Å². The van der Waals surface area contributed by atoms with Gasteiger partial charge in [-0.15, -0.1) is 0 Å². The van der Waals surface area contributed by atoms with Gasteiger partial charge in [0.2, 0.25) is 0 Å². The summed E-state index contributed by atoms with van der Waals surface area (Å²) in [4.78, 5) is 79.7. The molecule has 0 saturated carbocycles. The molecular weight excluding hydrogens is 717 g/mol. The van der Waals surface area contributed by atoms with Crippen molar-refractivity contribution in [2.45, 2.75) is 101 Å². The highest BCUT2D eigenvalue weighted by atomic mass is 19.4. The van der Waals surface area contributed by atoms with Gasteiger partial charge in [0.15, 0.2) is 0 Å². The van der Waals surface area contributed by atoms with E-state index in [2.05, 4.69) is 50.0 Å². The fraction of sp³-hybridized carbons (Fsp3) is 0.786. The Hall–Kier alpha value is -4.47. The smallest absolute Gasteiger partial charge is 0.451 e. The molecule has 0 fully saturated rings. The molecule has 0 aliphatic carbocycles. The Morgan fingerprint density at radius 3 is 1.49 bits per heavy atom. The molecule has 0 aromatic rings. The van der Waals surface area contributed by atoms with E-state index in [1.807, 2.05) is 0 Å². The van der Waals surface area contributed by atoms with E-state index in [1.165, 1.54) is 6.92 Å². The lowest BCUT2D eigenvalue weighted by molar-refractivity contribution is -0.190. The predicted molar refractivity (Wildman–Crippen MR) is 157 cm³/mol. The first kappa shape index (κ1) is 46.5. The number of nitrogens with one attached hydrogen (secondary N) is 4. The van der Waals surface area contributed by atoms with Crippen LogP contribution in [-0.2, 0) is 38.3 Å². The fourth-order valence-electron chi connectivity index (χ4n) is 3.76. The fourth-order valence-corrected chi connectivity index (χ4v) is 3.76. The number of ether oxygens (including phenoxy) is 4. The molecule has 4 N–H and O–H groups in total. The number of amides is 4. The third kappa shape index (κ3) is 24.3. The monoisotopic (exact) mass is 760 g/mol. The Morgan fingerprint density at radius 2 is 1.02 bits per heavy atom. The minimum atomic E-state index is -5.09. The number of unbranched alkanes of at least 4 members (excludes halogenated alkanes) is 2. The highest BCUT2D eigenvalue weighted by molar-refractivity contribution is 5.82. The Labute approximate surface area is 288 Å². The molecule has 0 rings (SSSR count). The summed E-state index contributed by atoms with van der Waals surface area (Å²) in [5.41, 5.74) is 0. The zero-order chi connectivity index (χ0) is 39.1. The molecule has 23 heteroatoms. The van der Waals surface area contributed by atoms with Crippen LogP contribution in [0.3, 0.4) is 0 Å². The average molecular weight is 761 g/mol. The molecule has 0 aromatic heterocycles. The van der Waals surface area contributed by atoms with Crippen LogP contribution in [0.25, 0.3) is 0 Å². The molecule has 0 aromatic carbocycles. The maximum absolute atomic E-state index is 13.3. The van der Waals surface area contributed by atoms with Crippen molar-refractivity contribution in [3.63, 3.8) is 0 Å². The van der Waals surface area contributed by atoms with Gasteiger partial charge in [-0.2, -0.15) is 13.2 Å². The molecule has 0 bridgehead atoms. The number of carbonyl (C=O) groups is 6. The zero-order valence-electron chi connectivity index (χ0n) is 28.1. The molecule has 16 nitrogen and oxygen atoms in total. The van der Waals surface area contributed by atoms with Crippen LogP contribution in [0.5, 0.6) is 0 Å². The summed E-state index contributed by atoms with van der Waals surface area (Å²) < 4.78 is 108. The van der Waals surface area contributed by atoms with Crippen molar-refractivity contribution in [3.8, 4) is 0 Å². The molecule has 0 radical (unpaired) electrons. The van der Waals surface area contributed by atoms with Crippen LogP contribution >= 0.6 is 0 Å². The van der Waals surface area contributed by atoms with E-state index in [4.69, 9.17) is 0 Å². The van der Waals surface area contributed by atoms with Crippen LogP contribution in [0.1, 0.15) is 71.1 Å². The van der Waals surface area contributed by atoms with E-state index in [1.54, 1.807) is 0 Å². The summed E-state index contributed by atoms with van der Waals surface area (Å²) in [5.74, 6) is -8.84. The average Bonchev–Trinajstić information content (AvgIpc) is 3.03. The first-order valence-electron chi connectivity index (χ1n) is 15.5. The first-order valence-corrected chi connectivity index (χ1v) is 15.5. The van der Waals surface area contributed by atoms with Crippen molar-refractivity contribution >= 4 is 36.3 Å². The number of esters is 2. The number of carbonyl (C=O) groups excluding carboxylic acids is 6. The second-order valence-electron chi connectivity index (χ2n) is 10.7. The van der Waals surface area contributed by atoms with Crippen molar-refractivity contribution < 1.29 is 88.2 Å². The lowest BCUT2D eigenvalue weighted by Gasteiger charge is -2.18. The van der Waals surface area contributed by atoms with Gasteiger partial charge in [-0.25, -0.2) is 56.1 Å². The number of alkyl carbamates (subject to hydrolysis) is 2. The standard InChI is InChI=1S/C28H43F7N4O12/c1-4-26(29,30)11-15-49-24(44)38-18(20(40)46-2)9-6-8-14-37-23(43)50-51-25(45)39-19(21(41)47-3)10-5-7-13-36-22(42)48-16-12-27(31,32)17-28(33,34)35/h18-19H,4-17H2,1-3H3,(H,36,42)(H,37,43)(H,38,44)(H,39,45). The summed E-state index contributed by atoms with van der Waals surface area (Å²) in [6.45, 7) is -0.402. The molecule has 2 atom stereocenters. The summed E-state index contributed by atoms with van der Waals surface area (Å²) >= 11 is 0. The van der Waals surface area contributed by atoms with Gasteiger partial charge in [0.05, 0.1) is 27.4 Å². The number of hydrogen-bond donors (Lipinski definition) is 4. The number of hydrogen-bond acceptors (Lipinski definition) is 12. The van der Waals surface area contributed by atoms with Gasteiger partial charge < -0.3 is 40.2 Å². The zero-order valence-corrected chi connectivity index (χ0v) is 28.1. The highest BCUT2D eigenvalue weighted by Crippen LogP contribution is 2.33. The molecule has 51 heavy (non-hydrogen) atoms. The van der Waals surface area contributed by atoms with Crippen LogP contribution in [0.2, 0.25) is 0 Å². The molecule has 4 amide bonds. The minimum Gasteiger partial charge on any atom is -0.467 e. The molecule has 0 spiro atoms. The SMILES string of the molecule is CCC(F)(F)CCOC(=O)NC(CCCCNC(=O)OOC(=O)NC(CCCCNC(=O)OCCC(F)(F)CC(F)(F)F)C(=O)OC)C(=O)OC. The summed E-state index contributed by atoms with van der Waals surface area (Å²) in [5, 5.41) is 8.72. The molecule has 0 aliphatic heterocycles. The van der Waals surface area contributed by atoms with Crippen LogP contribution in [0, 0.1) is 0 Å². The van der Waals surface area contributed by atoms with E-state index in [9.17, 15) is 59.5 Å². The second kappa shape index (κ2) is 23.8. The summed E-state index contributed by atoms with van der Waals surface area (Å²) in [6, 6.07) is -2.46. The number of halogens is 7. The van der Waals surface area contributed by atoms with E-state index < -0.39 is 105 Å². The molecule has 2 unspecified atom stereocenters. The Bertz CT molecular complexity index is 1120. The summed E-state index contributed by atoms with van der Waals surface area (Å²) in [6.07, 6.45) is -14.0. The topological polar surface area (TPSA) is 206 Å². The second-order valence-corrected chi connectivity index (χ2v) is 10.7. The van der Waals surface area contributed by atoms with Crippen LogP contribution in [-0.4, -0.2) is 107 Å². The lowest BCUT2D eigenvalue weighted by Crippen LogP contribution is -2.42. The molecule has 0 heterocycles. The van der Waals surface area contributed by atoms with Gasteiger partial charge in [0.25, 0.3) is 11.8 Å². The van der Waals surface area contributed by atoms with Gasteiger partial charge in [-0.1, -0.05) is 6.92 Å². The quantitative estimate of drug-likeness (QED) is 0.0298. The normalized spacial score (nSPS) is 12.7. The predicted octanol–water partition coefficient (Wildman–Crippen LogP) is 4.64. The van der Waals surface area contributed by atoms with Crippen molar-refractivity contribution in [2.24, 2.45) is 0 Å². The van der Waals surface area contributed by atoms with E-state index in [0.29, 0.717) is 0 Å². The Kier molecular flexibility index (Phi) is 21.8. The van der Waals surface area contributed by atoms with Crippen LogP contribution in [0.15, 0.2) is 0 Å². The van der Waals surface area contributed by atoms with Gasteiger partial charge in [0, 0.05) is 32.4 Å². The van der Waals surface area contributed by atoms with Crippen LogP contribution in [0.4, 0.5) is 49.9 Å². The number of rotatable bonds is 22. The first-order chi connectivity index (χ1) is 23.7. The van der Waals surface area contributed by atoms with Crippen molar-refractivity contribution in [1.29, 1.82) is 0 Å². The third-order valence-corrected chi connectivity index (χ3v) is 6.50. The van der Waals surface area contributed by atoms with Gasteiger partial charge in [0.1, 0.15) is 18.5 Å². The highest BCUT2D eigenvalue weighted by Gasteiger charge is 2.43. The third-order valence-electron chi connectivity index (χ3n) is 6.50. The van der Waals surface area contributed by atoms with E-state index >= 15 is 0 Å². The van der Waals surface area contributed by atoms with Gasteiger partial charge in [-0.05, 0) is 38.5 Å². The number of methoxy groups -OCH3 is 2. The lowest BCUT2D eigenvalue weighted by atomic mass is 10.1. The van der Waals surface area contributed by atoms with Crippen molar-refractivity contribution in [1.82, 2.24) is 21.3 Å². The van der Waals surface area contributed by atoms with E-state index in [-0.39, 0.29) is 51.6 Å². The Morgan fingerprint density at radius 1 is 0.588 bits per heavy atom. The maximum atomic E-state index is 13.3. The van der Waals surface area contributed by atoms with Crippen molar-refractivity contribution in [2.75, 3.05) is 40.5 Å². The van der Waals surface area contributed by atoms with Crippen molar-refractivity contribution in [3.05, 3.63) is 0 Å².